The van der Waals surface area contributed by atoms with Crippen molar-refractivity contribution in [2.45, 2.75) is 35.4 Å². The molecule has 3 heterocycles. The molecule has 1 unspecified atom stereocenters. The van der Waals surface area contributed by atoms with Crippen LogP contribution < -0.4 is 4.90 Å². The monoisotopic (exact) mass is 375 g/mol. The molecule has 1 aliphatic heterocycles. The second-order valence-corrected chi connectivity index (χ2v) is 8.11. The molecule has 0 aliphatic carbocycles. The number of thiophene rings is 1. The lowest BCUT2D eigenvalue weighted by molar-refractivity contribution is -0.138. The van der Waals surface area contributed by atoms with Crippen LogP contribution in [0, 0.1) is 0 Å². The summed E-state index contributed by atoms with van der Waals surface area (Å²) in [5.74, 6) is -0.353. The molecule has 130 valence electrons. The fourth-order valence-corrected chi connectivity index (χ4v) is 4.81. The van der Waals surface area contributed by atoms with Crippen LogP contribution in [0.2, 0.25) is 0 Å². The molecule has 1 atom stereocenters. The van der Waals surface area contributed by atoms with Crippen LogP contribution in [0.15, 0.2) is 28.0 Å². The zero-order valence-corrected chi connectivity index (χ0v) is 14.4. The number of hydrogen-bond acceptors (Lipinski definition) is 5. The molecule has 2 aromatic rings. The number of alkyl halides is 3. The van der Waals surface area contributed by atoms with Crippen molar-refractivity contribution in [3.05, 3.63) is 35.1 Å². The van der Waals surface area contributed by atoms with E-state index in [1.807, 2.05) is 0 Å². The quantitative estimate of drug-likeness (QED) is 0.814. The topological polar surface area (TPSA) is 46.1 Å². The largest absolute Gasteiger partial charge is 0.421 e. The maximum Gasteiger partial charge on any atom is 0.421 e. The second kappa shape index (κ2) is 7.18. The third-order valence-electron chi connectivity index (χ3n) is 3.83. The van der Waals surface area contributed by atoms with Gasteiger partial charge in [0.05, 0.1) is 26.5 Å². The first kappa shape index (κ1) is 17.3. The first-order chi connectivity index (χ1) is 11.5. The van der Waals surface area contributed by atoms with Crippen LogP contribution in [0.1, 0.15) is 30.5 Å². The summed E-state index contributed by atoms with van der Waals surface area (Å²) in [6.07, 6.45) is -0.739. The molecule has 3 rings (SSSR count). The van der Waals surface area contributed by atoms with E-state index in [9.17, 15) is 17.4 Å². The summed E-state index contributed by atoms with van der Waals surface area (Å²) in [4.78, 5) is 9.36. The molecule has 0 bridgehead atoms. The van der Waals surface area contributed by atoms with Crippen LogP contribution in [0.25, 0.3) is 0 Å². The number of rotatable bonds is 4. The summed E-state index contributed by atoms with van der Waals surface area (Å²) in [6.45, 7) is 1.10. The van der Waals surface area contributed by atoms with E-state index in [-0.39, 0.29) is 17.3 Å². The Balaban J connectivity index is 1.97. The number of anilines is 1. The van der Waals surface area contributed by atoms with Crippen LogP contribution in [-0.4, -0.2) is 27.3 Å². The fourth-order valence-electron chi connectivity index (χ4n) is 2.75. The molecule has 0 spiro atoms. The van der Waals surface area contributed by atoms with Crippen LogP contribution in [0.3, 0.4) is 0 Å². The van der Waals surface area contributed by atoms with Gasteiger partial charge in [0, 0.05) is 13.1 Å². The van der Waals surface area contributed by atoms with Gasteiger partial charge in [0.2, 0.25) is 0 Å². The zero-order valence-electron chi connectivity index (χ0n) is 12.8. The van der Waals surface area contributed by atoms with Gasteiger partial charge in [-0.1, -0.05) is 6.07 Å². The Labute approximate surface area is 144 Å². The van der Waals surface area contributed by atoms with Crippen molar-refractivity contribution >= 4 is 28.0 Å². The molecule has 0 radical (unpaired) electrons. The lowest BCUT2D eigenvalue weighted by Crippen LogP contribution is -2.33. The number of piperidine rings is 1. The van der Waals surface area contributed by atoms with Crippen molar-refractivity contribution in [3.63, 3.8) is 0 Å². The molecule has 0 N–H and O–H groups in total. The van der Waals surface area contributed by atoms with Gasteiger partial charge in [-0.05, 0) is 30.7 Å². The Hall–Kier alpha value is -1.48. The summed E-state index contributed by atoms with van der Waals surface area (Å²) < 4.78 is 53.8. The molecular formula is C15H16F3N3OS2. The third-order valence-corrected chi connectivity index (χ3v) is 6.46. The van der Waals surface area contributed by atoms with E-state index in [1.54, 1.807) is 22.4 Å². The Kier molecular flexibility index (Phi) is 5.19. The van der Waals surface area contributed by atoms with Crippen LogP contribution in [0.4, 0.5) is 19.0 Å². The summed E-state index contributed by atoms with van der Waals surface area (Å²) in [7, 11) is -1.55. The number of hydrogen-bond donors (Lipinski definition) is 0. The normalized spacial score (nSPS) is 17.0. The number of aromatic nitrogens is 2. The van der Waals surface area contributed by atoms with Gasteiger partial charge in [-0.25, -0.2) is 9.97 Å². The highest BCUT2D eigenvalue weighted by molar-refractivity contribution is 7.86. The van der Waals surface area contributed by atoms with E-state index < -0.39 is 22.5 Å². The molecule has 1 saturated heterocycles. The van der Waals surface area contributed by atoms with Crippen molar-refractivity contribution < 1.29 is 17.4 Å². The molecule has 9 heteroatoms. The van der Waals surface area contributed by atoms with Gasteiger partial charge >= 0.3 is 6.18 Å². The molecule has 24 heavy (non-hydrogen) atoms. The summed E-state index contributed by atoms with van der Waals surface area (Å²) >= 11 is 1.26. The highest BCUT2D eigenvalue weighted by atomic mass is 32.2. The van der Waals surface area contributed by atoms with Gasteiger partial charge in [-0.2, -0.15) is 13.2 Å². The molecule has 2 aromatic heterocycles. The van der Waals surface area contributed by atoms with E-state index in [1.165, 1.54) is 11.3 Å². The Morgan fingerprint density at radius 1 is 1.21 bits per heavy atom. The summed E-state index contributed by atoms with van der Waals surface area (Å²) in [5, 5.41) is 1.75. The van der Waals surface area contributed by atoms with Crippen molar-refractivity contribution in [3.8, 4) is 0 Å². The minimum Gasteiger partial charge on any atom is -0.356 e. The van der Waals surface area contributed by atoms with Crippen molar-refractivity contribution in [2.24, 2.45) is 0 Å². The fraction of sp³-hybridized carbons (Fsp3) is 0.467. The van der Waals surface area contributed by atoms with Gasteiger partial charge in [-0.15, -0.1) is 11.3 Å². The van der Waals surface area contributed by atoms with Crippen molar-refractivity contribution in [2.75, 3.05) is 18.0 Å². The SMILES string of the molecule is O=S(Cc1ncnc(N2CCCCC2)c1C(F)(F)F)c1cccs1. The molecular weight excluding hydrogens is 359 g/mol. The van der Waals surface area contributed by atoms with Crippen LogP contribution in [0.5, 0.6) is 0 Å². The first-order valence-corrected chi connectivity index (χ1v) is 9.74. The highest BCUT2D eigenvalue weighted by Crippen LogP contribution is 2.38. The van der Waals surface area contributed by atoms with Gasteiger partial charge in [0.25, 0.3) is 0 Å². The highest BCUT2D eigenvalue weighted by Gasteiger charge is 2.40. The number of halogens is 3. The second-order valence-electron chi connectivity index (χ2n) is 5.49. The molecule has 4 nitrogen and oxygen atoms in total. The Morgan fingerprint density at radius 2 is 1.96 bits per heavy atom. The number of nitrogens with zero attached hydrogens (tertiary/aromatic N) is 3. The molecule has 0 aromatic carbocycles. The van der Waals surface area contributed by atoms with Gasteiger partial charge < -0.3 is 4.90 Å². The molecule has 0 saturated carbocycles. The van der Waals surface area contributed by atoms with Gasteiger partial charge in [-0.3, -0.25) is 4.21 Å². The van der Waals surface area contributed by atoms with Crippen LogP contribution >= 0.6 is 11.3 Å². The smallest absolute Gasteiger partial charge is 0.356 e. The van der Waals surface area contributed by atoms with E-state index in [2.05, 4.69) is 9.97 Å². The molecule has 1 aliphatic rings. The first-order valence-electron chi connectivity index (χ1n) is 7.54. The maximum atomic E-state index is 13.7. The lowest BCUT2D eigenvalue weighted by atomic mass is 10.1. The van der Waals surface area contributed by atoms with Crippen LogP contribution in [-0.2, 0) is 22.7 Å². The average molecular weight is 375 g/mol. The van der Waals surface area contributed by atoms with Gasteiger partial charge in [0.1, 0.15) is 17.7 Å². The van der Waals surface area contributed by atoms with Gasteiger partial charge in [0.15, 0.2) is 0 Å². The van der Waals surface area contributed by atoms with E-state index in [4.69, 9.17) is 0 Å². The maximum absolute atomic E-state index is 13.7. The van der Waals surface area contributed by atoms with E-state index >= 15 is 0 Å². The van der Waals surface area contributed by atoms with Crippen molar-refractivity contribution in [1.29, 1.82) is 0 Å². The standard InChI is InChI=1S/C15H16F3N3OS2/c16-15(17,18)13-11(9-24(22)12-5-4-8-23-12)19-10-20-14(13)21-6-2-1-3-7-21/h4-5,8,10H,1-3,6-7,9H2. The minimum atomic E-state index is -4.58. The molecule has 1 fully saturated rings. The minimum absolute atomic E-state index is 0.0876. The van der Waals surface area contributed by atoms with E-state index in [0.717, 1.165) is 25.6 Å². The predicted molar refractivity (Wildman–Crippen MR) is 87.5 cm³/mol. The summed E-state index contributed by atoms with van der Waals surface area (Å²) in [6, 6.07) is 3.38. The molecule has 0 amide bonds. The van der Waals surface area contributed by atoms with E-state index in [0.29, 0.717) is 17.3 Å². The predicted octanol–water partition coefficient (Wildman–Crippen LogP) is 3.86. The zero-order chi connectivity index (χ0) is 17.2. The Morgan fingerprint density at radius 3 is 2.58 bits per heavy atom. The average Bonchev–Trinajstić information content (AvgIpc) is 3.09. The third kappa shape index (κ3) is 3.77. The lowest BCUT2D eigenvalue weighted by Gasteiger charge is -2.30. The Bertz CT molecular complexity index is 713. The van der Waals surface area contributed by atoms with Crippen molar-refractivity contribution in [1.82, 2.24) is 9.97 Å². The summed E-state index contributed by atoms with van der Waals surface area (Å²) in [5.41, 5.74) is -1.05.